The summed E-state index contributed by atoms with van der Waals surface area (Å²) in [7, 11) is -1.34. The highest BCUT2D eigenvalue weighted by Gasteiger charge is 2.33. The molecule has 1 aromatic rings. The van der Waals surface area contributed by atoms with Gasteiger partial charge in [0, 0.05) is 32.1 Å². The number of hydrogen-bond donors (Lipinski definition) is 1. The van der Waals surface area contributed by atoms with Crippen molar-refractivity contribution in [2.75, 3.05) is 31.7 Å². The van der Waals surface area contributed by atoms with Crippen LogP contribution in [-0.4, -0.2) is 57.0 Å². The van der Waals surface area contributed by atoms with E-state index in [1.54, 1.807) is 12.0 Å². The van der Waals surface area contributed by atoms with E-state index in [1.807, 2.05) is 31.2 Å². The van der Waals surface area contributed by atoms with Crippen LogP contribution in [0.5, 0.6) is 5.75 Å². The Hall–Kier alpha value is -1.60. The Morgan fingerprint density at radius 1 is 1.33 bits per heavy atom. The highest BCUT2D eigenvalue weighted by molar-refractivity contribution is 7.91. The molecule has 0 saturated carbocycles. The molecule has 24 heavy (non-hydrogen) atoms. The first-order valence-corrected chi connectivity index (χ1v) is 10.1. The molecule has 0 radical (unpaired) electrons. The van der Waals surface area contributed by atoms with Gasteiger partial charge >= 0.3 is 0 Å². The number of carbonyl (C=O) groups is 1. The number of amides is 1. The van der Waals surface area contributed by atoms with Crippen LogP contribution in [0.2, 0.25) is 0 Å². The lowest BCUT2D eigenvalue weighted by molar-refractivity contribution is -0.132. The molecule has 0 aromatic heterocycles. The zero-order chi connectivity index (χ0) is 17.6. The van der Waals surface area contributed by atoms with Crippen LogP contribution in [0.1, 0.15) is 25.3 Å². The summed E-state index contributed by atoms with van der Waals surface area (Å²) in [6.07, 6.45) is 0.932. The van der Waals surface area contributed by atoms with E-state index in [2.05, 4.69) is 5.32 Å². The van der Waals surface area contributed by atoms with Crippen molar-refractivity contribution in [1.82, 2.24) is 10.2 Å². The average Bonchev–Trinajstić information content (AvgIpc) is 2.92. The number of nitrogens with one attached hydrogen (secondary N) is 1. The quantitative estimate of drug-likeness (QED) is 0.710. The van der Waals surface area contributed by atoms with Crippen LogP contribution in [0, 0.1) is 0 Å². The van der Waals surface area contributed by atoms with Crippen molar-refractivity contribution in [3.63, 3.8) is 0 Å². The minimum atomic E-state index is -2.97. The normalized spacial score (nSPS) is 19.2. The van der Waals surface area contributed by atoms with Crippen LogP contribution in [-0.2, 0) is 21.2 Å². The zero-order valence-corrected chi connectivity index (χ0v) is 15.1. The van der Waals surface area contributed by atoms with E-state index in [4.69, 9.17) is 4.74 Å². The smallest absolute Gasteiger partial charge is 0.224 e. The number of hydrogen-bond acceptors (Lipinski definition) is 5. The molecule has 0 spiro atoms. The molecule has 1 aliphatic rings. The van der Waals surface area contributed by atoms with E-state index in [1.165, 1.54) is 0 Å². The molecule has 1 amide bonds. The molecule has 0 bridgehead atoms. The van der Waals surface area contributed by atoms with Crippen molar-refractivity contribution in [3.05, 3.63) is 29.8 Å². The fourth-order valence-electron chi connectivity index (χ4n) is 2.97. The topological polar surface area (TPSA) is 75.7 Å². The van der Waals surface area contributed by atoms with Gasteiger partial charge < -0.3 is 15.0 Å². The Morgan fingerprint density at radius 3 is 2.58 bits per heavy atom. The van der Waals surface area contributed by atoms with Crippen molar-refractivity contribution in [3.8, 4) is 5.75 Å². The van der Waals surface area contributed by atoms with Gasteiger partial charge in [-0.3, -0.25) is 4.79 Å². The van der Waals surface area contributed by atoms with Crippen LogP contribution in [0.4, 0.5) is 0 Å². The maximum absolute atomic E-state index is 12.3. The van der Waals surface area contributed by atoms with E-state index in [0.29, 0.717) is 32.5 Å². The van der Waals surface area contributed by atoms with E-state index in [9.17, 15) is 13.2 Å². The molecule has 1 aromatic carbocycles. The third-order valence-corrected chi connectivity index (χ3v) is 6.06. The van der Waals surface area contributed by atoms with Gasteiger partial charge in [-0.25, -0.2) is 8.42 Å². The van der Waals surface area contributed by atoms with E-state index >= 15 is 0 Å². The molecular formula is C17H26N2O4S. The summed E-state index contributed by atoms with van der Waals surface area (Å²) in [5.74, 6) is 1.13. The molecule has 1 unspecified atom stereocenters. The first kappa shape index (κ1) is 18.7. The second-order valence-corrected chi connectivity index (χ2v) is 8.24. The van der Waals surface area contributed by atoms with Crippen molar-refractivity contribution < 1.29 is 17.9 Å². The average molecular weight is 354 g/mol. The number of nitrogens with zero attached hydrogens (tertiary/aromatic N) is 1. The lowest BCUT2D eigenvalue weighted by atomic mass is 10.2. The molecule has 0 aliphatic carbocycles. The molecule has 7 heteroatoms. The van der Waals surface area contributed by atoms with Gasteiger partial charge in [0.25, 0.3) is 0 Å². The number of methoxy groups -OCH3 is 1. The Labute approximate surface area is 144 Å². The Kier molecular flexibility index (Phi) is 6.62. The van der Waals surface area contributed by atoms with E-state index < -0.39 is 9.84 Å². The van der Waals surface area contributed by atoms with Gasteiger partial charge in [0.2, 0.25) is 5.91 Å². The predicted octanol–water partition coefficient (Wildman–Crippen LogP) is 1.21. The summed E-state index contributed by atoms with van der Waals surface area (Å²) in [4.78, 5) is 14.0. The van der Waals surface area contributed by atoms with Crippen LogP contribution >= 0.6 is 0 Å². The number of carbonyl (C=O) groups excluding carboxylic acids is 1. The second-order valence-electron chi connectivity index (χ2n) is 6.01. The lowest BCUT2D eigenvalue weighted by Gasteiger charge is -2.27. The first-order chi connectivity index (χ1) is 11.4. The summed E-state index contributed by atoms with van der Waals surface area (Å²) in [6.45, 7) is 3.70. The highest BCUT2D eigenvalue weighted by Crippen LogP contribution is 2.18. The summed E-state index contributed by atoms with van der Waals surface area (Å²) in [5, 5.41) is 3.25. The number of sulfone groups is 1. The number of ether oxygens (including phenoxy) is 1. The predicted molar refractivity (Wildman–Crippen MR) is 93.8 cm³/mol. The van der Waals surface area contributed by atoms with Crippen molar-refractivity contribution in [2.45, 2.75) is 32.4 Å². The van der Waals surface area contributed by atoms with Crippen molar-refractivity contribution in [1.29, 1.82) is 0 Å². The third-order valence-electron chi connectivity index (χ3n) is 4.31. The van der Waals surface area contributed by atoms with E-state index in [0.717, 1.165) is 11.3 Å². The fraction of sp³-hybridized carbons (Fsp3) is 0.588. The van der Waals surface area contributed by atoms with Crippen molar-refractivity contribution in [2.24, 2.45) is 0 Å². The van der Waals surface area contributed by atoms with Crippen LogP contribution < -0.4 is 10.1 Å². The summed E-state index contributed by atoms with van der Waals surface area (Å²) >= 11 is 0. The van der Waals surface area contributed by atoms with Gasteiger partial charge in [0.05, 0.1) is 18.6 Å². The van der Waals surface area contributed by atoms with Gasteiger partial charge in [-0.15, -0.1) is 0 Å². The Morgan fingerprint density at radius 2 is 2.04 bits per heavy atom. The van der Waals surface area contributed by atoms with Crippen LogP contribution in [0.25, 0.3) is 0 Å². The minimum Gasteiger partial charge on any atom is -0.497 e. The molecule has 2 rings (SSSR count). The molecule has 1 aliphatic heterocycles. The van der Waals surface area contributed by atoms with Crippen LogP contribution in [0.15, 0.2) is 24.3 Å². The van der Waals surface area contributed by atoms with Gasteiger partial charge in [-0.2, -0.15) is 0 Å². The van der Waals surface area contributed by atoms with Gasteiger partial charge in [-0.1, -0.05) is 12.1 Å². The van der Waals surface area contributed by atoms with E-state index in [-0.39, 0.29) is 23.5 Å². The molecule has 1 saturated heterocycles. The lowest BCUT2D eigenvalue weighted by Crippen LogP contribution is -2.41. The SMILES string of the molecule is CCN(C(=O)CCNCc1ccc(OC)cc1)C1CCS(=O)(=O)C1. The molecule has 6 nitrogen and oxygen atoms in total. The molecule has 1 atom stereocenters. The second kappa shape index (κ2) is 8.48. The molecule has 1 fully saturated rings. The standard InChI is InChI=1S/C17H26N2O4S/c1-3-19(15-9-11-24(21,22)13-15)17(20)8-10-18-12-14-4-6-16(23-2)7-5-14/h4-7,15,18H,3,8-13H2,1-2H3. The minimum absolute atomic E-state index is 0.0156. The largest absolute Gasteiger partial charge is 0.497 e. The van der Waals surface area contributed by atoms with Crippen LogP contribution in [0.3, 0.4) is 0 Å². The summed E-state index contributed by atoms with van der Waals surface area (Å²) in [6, 6.07) is 7.61. The maximum Gasteiger partial charge on any atom is 0.224 e. The highest BCUT2D eigenvalue weighted by atomic mass is 32.2. The fourth-order valence-corrected chi connectivity index (χ4v) is 4.71. The molecule has 1 heterocycles. The summed E-state index contributed by atoms with van der Waals surface area (Å²) < 4.78 is 28.3. The number of rotatable bonds is 8. The Bertz CT molecular complexity index is 643. The number of benzene rings is 1. The zero-order valence-electron chi connectivity index (χ0n) is 14.3. The monoisotopic (exact) mass is 354 g/mol. The molecule has 1 N–H and O–H groups in total. The van der Waals surface area contributed by atoms with Gasteiger partial charge in [0.15, 0.2) is 9.84 Å². The Balaban J connectivity index is 1.75. The molecule has 134 valence electrons. The van der Waals surface area contributed by atoms with Crippen molar-refractivity contribution >= 4 is 15.7 Å². The van der Waals surface area contributed by atoms with Gasteiger partial charge in [0.1, 0.15) is 5.75 Å². The third kappa shape index (κ3) is 5.21. The first-order valence-electron chi connectivity index (χ1n) is 8.28. The molecular weight excluding hydrogens is 328 g/mol. The maximum atomic E-state index is 12.3. The summed E-state index contributed by atoms with van der Waals surface area (Å²) in [5.41, 5.74) is 1.12. The van der Waals surface area contributed by atoms with Gasteiger partial charge in [-0.05, 0) is 31.0 Å².